The number of ketones is 1. The number of carbonyl (C=O) groups is 3. The SMILES string of the molecule is CCCC(F)(F)CC(NC(=O)N1CCOCC1)C(=O)N[C@@H](CC)C(=O)c1ncc(-c2ccc(C)s2)o1. The van der Waals surface area contributed by atoms with Crippen molar-refractivity contribution in [2.24, 2.45) is 0 Å². The molecular formula is C24H32F2N4O5S. The number of morpholine rings is 1. The third kappa shape index (κ3) is 7.33. The Kier molecular flexibility index (Phi) is 9.55. The van der Waals surface area contributed by atoms with Crippen LogP contribution in [0.3, 0.4) is 0 Å². The Hall–Kier alpha value is -2.86. The van der Waals surface area contributed by atoms with E-state index in [0.29, 0.717) is 19.0 Å². The van der Waals surface area contributed by atoms with E-state index in [9.17, 15) is 23.2 Å². The second-order valence-corrected chi connectivity index (χ2v) is 9.97. The third-order valence-corrected chi connectivity index (χ3v) is 6.79. The smallest absolute Gasteiger partial charge is 0.318 e. The predicted molar refractivity (Wildman–Crippen MR) is 130 cm³/mol. The number of hydrogen-bond donors (Lipinski definition) is 2. The molecule has 12 heteroatoms. The van der Waals surface area contributed by atoms with Crippen molar-refractivity contribution in [3.8, 4) is 10.6 Å². The van der Waals surface area contributed by atoms with E-state index in [0.717, 1.165) is 9.75 Å². The van der Waals surface area contributed by atoms with Crippen LogP contribution in [0, 0.1) is 6.92 Å². The fourth-order valence-electron chi connectivity index (χ4n) is 3.83. The fraction of sp³-hybridized carbons (Fsp3) is 0.583. The van der Waals surface area contributed by atoms with E-state index >= 15 is 0 Å². The number of nitrogens with one attached hydrogen (secondary N) is 2. The zero-order valence-electron chi connectivity index (χ0n) is 20.6. The standard InChI is InChI=1S/C24H32F2N4O5S/c1-4-8-24(25,26)13-17(29-23(33)30-9-11-34-12-10-30)21(32)28-16(5-2)20(31)22-27-14-18(35-22)19-7-6-15(3)36-19/h6-7,14,16-17H,4-5,8-13H2,1-3H3,(H,28,32)(H,29,33)/t16-,17?/m0/s1. The van der Waals surface area contributed by atoms with Gasteiger partial charge in [-0.3, -0.25) is 9.59 Å². The number of thiophene rings is 1. The highest BCUT2D eigenvalue weighted by Gasteiger charge is 2.38. The number of halogens is 2. The lowest BCUT2D eigenvalue weighted by Crippen LogP contribution is -2.56. The van der Waals surface area contributed by atoms with E-state index in [-0.39, 0.29) is 31.8 Å². The summed E-state index contributed by atoms with van der Waals surface area (Å²) in [6.07, 6.45) is 0.514. The molecule has 1 saturated heterocycles. The third-order valence-electron chi connectivity index (χ3n) is 5.77. The van der Waals surface area contributed by atoms with Crippen LogP contribution in [-0.2, 0) is 9.53 Å². The summed E-state index contributed by atoms with van der Waals surface area (Å²) in [6.45, 7) is 6.45. The molecule has 3 heterocycles. The Morgan fingerprint density at radius 2 is 1.89 bits per heavy atom. The highest BCUT2D eigenvalue weighted by atomic mass is 32.1. The van der Waals surface area contributed by atoms with Gasteiger partial charge >= 0.3 is 6.03 Å². The average molecular weight is 527 g/mol. The van der Waals surface area contributed by atoms with Gasteiger partial charge in [-0.2, -0.15) is 0 Å². The molecule has 0 bridgehead atoms. The number of alkyl halides is 2. The summed E-state index contributed by atoms with van der Waals surface area (Å²) in [5.41, 5.74) is 0. The molecule has 2 aromatic rings. The molecule has 0 aromatic carbocycles. The van der Waals surface area contributed by atoms with Crippen LogP contribution in [-0.4, -0.2) is 71.9 Å². The monoisotopic (exact) mass is 526 g/mol. The minimum Gasteiger partial charge on any atom is -0.433 e. The highest BCUT2D eigenvalue weighted by Crippen LogP contribution is 2.29. The first-order valence-electron chi connectivity index (χ1n) is 12.0. The summed E-state index contributed by atoms with van der Waals surface area (Å²) >= 11 is 1.48. The van der Waals surface area contributed by atoms with Crippen molar-refractivity contribution < 1.29 is 32.3 Å². The van der Waals surface area contributed by atoms with Crippen LogP contribution in [0.5, 0.6) is 0 Å². The van der Waals surface area contributed by atoms with Crippen LogP contribution in [0.2, 0.25) is 0 Å². The molecule has 3 rings (SSSR count). The number of urea groups is 1. The molecule has 0 aliphatic carbocycles. The van der Waals surface area contributed by atoms with Crippen molar-refractivity contribution in [1.82, 2.24) is 20.5 Å². The minimum absolute atomic E-state index is 0.176. The Bertz CT molecular complexity index is 1050. The molecule has 0 radical (unpaired) electrons. The van der Waals surface area contributed by atoms with Crippen LogP contribution in [0.15, 0.2) is 22.7 Å². The van der Waals surface area contributed by atoms with Gasteiger partial charge in [-0.25, -0.2) is 18.6 Å². The number of aromatic nitrogens is 1. The second kappa shape index (κ2) is 12.4. The van der Waals surface area contributed by atoms with Crippen molar-refractivity contribution >= 4 is 29.1 Å². The van der Waals surface area contributed by atoms with E-state index < -0.39 is 48.6 Å². The number of carbonyl (C=O) groups excluding carboxylic acids is 3. The molecule has 36 heavy (non-hydrogen) atoms. The summed E-state index contributed by atoms with van der Waals surface area (Å²) in [5.74, 6) is -4.38. The number of oxazole rings is 1. The maximum atomic E-state index is 14.5. The number of Topliss-reactive ketones (excluding diaryl/α,β-unsaturated/α-hetero) is 1. The van der Waals surface area contributed by atoms with Crippen LogP contribution in [0.4, 0.5) is 13.6 Å². The number of hydrogen-bond acceptors (Lipinski definition) is 7. The molecule has 3 amide bonds. The maximum absolute atomic E-state index is 14.5. The van der Waals surface area contributed by atoms with Crippen LogP contribution < -0.4 is 10.6 Å². The van der Waals surface area contributed by atoms with Crippen molar-refractivity contribution in [2.75, 3.05) is 26.3 Å². The van der Waals surface area contributed by atoms with Gasteiger partial charge in [0.05, 0.1) is 30.3 Å². The largest absolute Gasteiger partial charge is 0.433 e. The summed E-state index contributed by atoms with van der Waals surface area (Å²) in [6, 6.07) is 0.550. The number of aryl methyl sites for hydroxylation is 1. The Labute approximate surface area is 212 Å². The number of ether oxygens (including phenoxy) is 1. The molecule has 1 unspecified atom stereocenters. The van der Waals surface area contributed by atoms with Gasteiger partial charge in [-0.1, -0.05) is 20.3 Å². The minimum atomic E-state index is -3.17. The number of amides is 3. The molecule has 1 aliphatic heterocycles. The molecule has 2 N–H and O–H groups in total. The first-order chi connectivity index (χ1) is 17.1. The van der Waals surface area contributed by atoms with Crippen molar-refractivity contribution in [1.29, 1.82) is 0 Å². The van der Waals surface area contributed by atoms with Gasteiger partial charge in [-0.15, -0.1) is 11.3 Å². The molecule has 1 aliphatic rings. The van der Waals surface area contributed by atoms with E-state index in [2.05, 4.69) is 15.6 Å². The normalized spacial score (nSPS) is 15.9. The Balaban J connectivity index is 1.72. The quantitative estimate of drug-likeness (QED) is 0.428. The zero-order valence-corrected chi connectivity index (χ0v) is 21.5. The van der Waals surface area contributed by atoms with E-state index in [1.54, 1.807) is 13.8 Å². The lowest BCUT2D eigenvalue weighted by Gasteiger charge is -2.30. The molecule has 9 nitrogen and oxygen atoms in total. The molecule has 2 aromatic heterocycles. The number of nitrogens with zero attached hydrogens (tertiary/aromatic N) is 2. The van der Waals surface area contributed by atoms with Gasteiger partial charge in [0.2, 0.25) is 11.7 Å². The summed E-state index contributed by atoms with van der Waals surface area (Å²) in [5, 5.41) is 4.94. The van der Waals surface area contributed by atoms with Gasteiger partial charge in [0, 0.05) is 30.8 Å². The predicted octanol–water partition coefficient (Wildman–Crippen LogP) is 4.02. The van der Waals surface area contributed by atoms with E-state index in [1.807, 2.05) is 19.1 Å². The zero-order chi connectivity index (χ0) is 26.3. The van der Waals surface area contributed by atoms with Crippen molar-refractivity contribution in [3.63, 3.8) is 0 Å². The number of rotatable bonds is 11. The van der Waals surface area contributed by atoms with E-state index in [1.165, 1.54) is 22.4 Å². The molecular weight excluding hydrogens is 494 g/mol. The lowest BCUT2D eigenvalue weighted by atomic mass is 10.0. The first-order valence-corrected chi connectivity index (χ1v) is 12.8. The molecule has 198 valence electrons. The topological polar surface area (TPSA) is 114 Å². The van der Waals surface area contributed by atoms with Crippen LogP contribution in [0.1, 0.15) is 55.1 Å². The summed E-state index contributed by atoms with van der Waals surface area (Å²) in [7, 11) is 0. The van der Waals surface area contributed by atoms with Crippen molar-refractivity contribution in [3.05, 3.63) is 29.1 Å². The average Bonchev–Trinajstić information content (AvgIpc) is 3.51. The fourth-order valence-corrected chi connectivity index (χ4v) is 4.64. The summed E-state index contributed by atoms with van der Waals surface area (Å²) < 4.78 is 39.8. The van der Waals surface area contributed by atoms with Gasteiger partial charge in [0.15, 0.2) is 5.76 Å². The van der Waals surface area contributed by atoms with Crippen LogP contribution in [0.25, 0.3) is 10.6 Å². The van der Waals surface area contributed by atoms with Gasteiger partial charge in [0.25, 0.3) is 11.8 Å². The molecule has 1 fully saturated rings. The first kappa shape index (κ1) is 27.7. The molecule has 0 saturated carbocycles. The maximum Gasteiger partial charge on any atom is 0.318 e. The lowest BCUT2D eigenvalue weighted by molar-refractivity contribution is -0.126. The van der Waals surface area contributed by atoms with Gasteiger partial charge in [-0.05, 0) is 25.5 Å². The van der Waals surface area contributed by atoms with Gasteiger partial charge in [0.1, 0.15) is 6.04 Å². The van der Waals surface area contributed by atoms with Crippen molar-refractivity contribution in [2.45, 2.75) is 64.5 Å². The molecule has 2 atom stereocenters. The summed E-state index contributed by atoms with van der Waals surface area (Å²) in [4.78, 5) is 46.1. The Morgan fingerprint density at radius 3 is 2.50 bits per heavy atom. The highest BCUT2D eigenvalue weighted by molar-refractivity contribution is 7.15. The Morgan fingerprint density at radius 1 is 1.17 bits per heavy atom. The van der Waals surface area contributed by atoms with E-state index in [4.69, 9.17) is 9.15 Å². The van der Waals surface area contributed by atoms with Gasteiger partial charge < -0.3 is 24.7 Å². The second-order valence-electron chi connectivity index (χ2n) is 8.69. The van der Waals surface area contributed by atoms with Crippen LogP contribution >= 0.6 is 11.3 Å². The molecule has 0 spiro atoms.